The van der Waals surface area contributed by atoms with Crippen LogP contribution in [-0.2, 0) is 0 Å². The lowest BCUT2D eigenvalue weighted by atomic mass is 9.97. The number of hydrogen-bond acceptors (Lipinski definition) is 1. The minimum Gasteiger partial charge on any atom is -0.294 e. The first-order valence-electron chi connectivity index (χ1n) is 5.72. The summed E-state index contributed by atoms with van der Waals surface area (Å²) in [5, 5.41) is 0. The second kappa shape index (κ2) is 7.43. The molecule has 0 saturated heterocycles. The molecule has 0 heterocycles. The topological polar surface area (TPSA) is 17.1 Å². The highest BCUT2D eigenvalue weighted by molar-refractivity contribution is 6.32. The number of hydrogen-bond donors (Lipinski definition) is 0. The average Bonchev–Trinajstić information content (AvgIpc) is 2.43. The van der Waals surface area contributed by atoms with Crippen molar-refractivity contribution in [3.8, 4) is 0 Å². The van der Waals surface area contributed by atoms with E-state index in [1.165, 1.54) is 24.3 Å². The van der Waals surface area contributed by atoms with Gasteiger partial charge in [0.05, 0.1) is 0 Å². The van der Waals surface area contributed by atoms with E-state index in [2.05, 4.69) is 0 Å². The second-order valence-electron chi connectivity index (χ2n) is 3.69. The van der Waals surface area contributed by atoms with Crippen LogP contribution < -0.4 is 5.46 Å². The lowest BCUT2D eigenvalue weighted by Crippen LogP contribution is -1.98. The first kappa shape index (κ1) is 14.2. The van der Waals surface area contributed by atoms with Gasteiger partial charge in [-0.1, -0.05) is 54.9 Å². The van der Waals surface area contributed by atoms with Gasteiger partial charge in [0.15, 0.2) is 5.78 Å². The molecule has 2 rings (SSSR count). The maximum absolute atomic E-state index is 12.0. The van der Waals surface area contributed by atoms with Gasteiger partial charge in [0.25, 0.3) is 0 Å². The van der Waals surface area contributed by atoms with Crippen molar-refractivity contribution >= 4 is 19.1 Å². The number of benzene rings is 2. The molecule has 90 valence electrons. The molecule has 0 saturated carbocycles. The van der Waals surface area contributed by atoms with Crippen molar-refractivity contribution in [3.05, 3.63) is 66.0 Å². The zero-order chi connectivity index (χ0) is 13.4. The monoisotopic (exact) mass is 240 g/mol. The molecule has 0 aliphatic carbocycles. The Morgan fingerprint density at radius 3 is 2.06 bits per heavy atom. The molecule has 0 amide bonds. The molecule has 0 atom stereocenters. The highest BCUT2D eigenvalue weighted by Gasteiger charge is 1.98. The van der Waals surface area contributed by atoms with Crippen LogP contribution in [0.3, 0.4) is 0 Å². The van der Waals surface area contributed by atoms with Crippen LogP contribution >= 0.6 is 0 Å². The first-order valence-corrected chi connectivity index (χ1v) is 5.72. The van der Waals surface area contributed by atoms with E-state index in [4.69, 9.17) is 7.85 Å². The molecule has 2 aromatic rings. The van der Waals surface area contributed by atoms with Crippen LogP contribution in [0.5, 0.6) is 0 Å². The lowest BCUT2D eigenvalue weighted by molar-refractivity contribution is 0.0988. The zero-order valence-electron chi connectivity index (χ0n) is 10.3. The smallest absolute Gasteiger partial charge is 0.162 e. The van der Waals surface area contributed by atoms with Gasteiger partial charge in [0.2, 0.25) is 0 Å². The van der Waals surface area contributed by atoms with Gasteiger partial charge < -0.3 is 0 Å². The standard InChI is InChI=1S/C9H10O.C6H4BF/c1-2-9(10)8-6-4-3-5-7-8;7-5-1-3-6(8)4-2-5/h3-7H,2H2,1H3;1-4H. The molecule has 0 unspecified atom stereocenters. The number of rotatable bonds is 2. The molecule has 2 aromatic carbocycles. The molecule has 18 heavy (non-hydrogen) atoms. The summed E-state index contributed by atoms with van der Waals surface area (Å²) in [6.07, 6.45) is 0.587. The predicted octanol–water partition coefficient (Wildman–Crippen LogP) is 2.90. The maximum Gasteiger partial charge on any atom is 0.162 e. The molecule has 0 aliphatic heterocycles. The Balaban J connectivity index is 0.000000184. The molecule has 0 N–H and O–H groups in total. The Hall–Kier alpha value is -1.90. The Labute approximate surface area is 108 Å². The van der Waals surface area contributed by atoms with Gasteiger partial charge in [0, 0.05) is 12.0 Å². The Kier molecular flexibility index (Phi) is 5.85. The normalized spacial score (nSPS) is 9.22. The van der Waals surface area contributed by atoms with Gasteiger partial charge >= 0.3 is 0 Å². The van der Waals surface area contributed by atoms with E-state index in [9.17, 15) is 9.18 Å². The van der Waals surface area contributed by atoms with E-state index in [0.717, 1.165) is 5.56 Å². The van der Waals surface area contributed by atoms with Crippen molar-refractivity contribution in [1.82, 2.24) is 0 Å². The van der Waals surface area contributed by atoms with Crippen molar-refractivity contribution in [3.63, 3.8) is 0 Å². The van der Waals surface area contributed by atoms with Gasteiger partial charge in [-0.2, -0.15) is 0 Å². The van der Waals surface area contributed by atoms with Gasteiger partial charge in [-0.3, -0.25) is 4.79 Å². The van der Waals surface area contributed by atoms with Crippen molar-refractivity contribution in [1.29, 1.82) is 0 Å². The van der Waals surface area contributed by atoms with Crippen LogP contribution in [0.15, 0.2) is 54.6 Å². The van der Waals surface area contributed by atoms with Crippen LogP contribution in [0.1, 0.15) is 23.7 Å². The third kappa shape index (κ3) is 4.96. The lowest BCUT2D eigenvalue weighted by Gasteiger charge is -1.93. The Bertz CT molecular complexity index is 459. The van der Waals surface area contributed by atoms with E-state index in [0.29, 0.717) is 11.9 Å². The molecule has 0 bridgehead atoms. The minimum absolute atomic E-state index is 0.209. The molecule has 2 radical (unpaired) electrons. The average molecular weight is 240 g/mol. The van der Waals surface area contributed by atoms with E-state index in [1.807, 2.05) is 37.3 Å². The van der Waals surface area contributed by atoms with Crippen molar-refractivity contribution in [2.75, 3.05) is 0 Å². The van der Waals surface area contributed by atoms with Crippen LogP contribution in [0, 0.1) is 5.82 Å². The summed E-state index contributed by atoms with van der Waals surface area (Å²) in [6, 6.07) is 15.0. The maximum atomic E-state index is 12.0. The summed E-state index contributed by atoms with van der Waals surface area (Å²) in [5.74, 6) is -0.0419. The van der Waals surface area contributed by atoms with Gasteiger partial charge in [-0.15, -0.1) is 0 Å². The summed E-state index contributed by atoms with van der Waals surface area (Å²) in [4.78, 5) is 11.0. The van der Waals surface area contributed by atoms with Gasteiger partial charge in [0.1, 0.15) is 13.7 Å². The molecule has 0 aliphatic rings. The van der Waals surface area contributed by atoms with Gasteiger partial charge in [-0.25, -0.2) is 4.39 Å². The van der Waals surface area contributed by atoms with Crippen LogP contribution in [-0.4, -0.2) is 13.6 Å². The van der Waals surface area contributed by atoms with Crippen LogP contribution in [0.4, 0.5) is 4.39 Å². The van der Waals surface area contributed by atoms with E-state index >= 15 is 0 Å². The molecular formula is C15H14BFO. The summed E-state index contributed by atoms with van der Waals surface area (Å²) in [5.41, 5.74) is 1.40. The third-order valence-electron chi connectivity index (χ3n) is 2.29. The molecule has 0 fully saturated rings. The summed E-state index contributed by atoms with van der Waals surface area (Å²) in [6.45, 7) is 1.87. The van der Waals surface area contributed by atoms with Crippen molar-refractivity contribution in [2.45, 2.75) is 13.3 Å². The highest BCUT2D eigenvalue weighted by atomic mass is 19.1. The molecule has 1 nitrogen and oxygen atoms in total. The number of Topliss-reactive ketones (excluding diaryl/α,β-unsaturated/α-hetero) is 1. The minimum atomic E-state index is -0.251. The van der Waals surface area contributed by atoms with E-state index < -0.39 is 0 Å². The highest BCUT2D eigenvalue weighted by Crippen LogP contribution is 2.01. The molecule has 3 heteroatoms. The second-order valence-corrected chi connectivity index (χ2v) is 3.69. The van der Waals surface area contributed by atoms with Crippen molar-refractivity contribution in [2.24, 2.45) is 0 Å². The number of ketones is 1. The molecular weight excluding hydrogens is 226 g/mol. The quantitative estimate of drug-likeness (QED) is 0.582. The van der Waals surface area contributed by atoms with E-state index in [-0.39, 0.29) is 11.6 Å². The van der Waals surface area contributed by atoms with Crippen molar-refractivity contribution < 1.29 is 9.18 Å². The SMILES string of the molecule is CCC(=O)c1ccccc1.[B]c1ccc(F)cc1. The van der Waals surface area contributed by atoms with E-state index in [1.54, 1.807) is 0 Å². The number of halogens is 1. The summed E-state index contributed by atoms with van der Waals surface area (Å²) < 4.78 is 12.0. The zero-order valence-corrected chi connectivity index (χ0v) is 10.3. The van der Waals surface area contributed by atoms with Crippen LogP contribution in [0.25, 0.3) is 0 Å². The molecule has 0 aromatic heterocycles. The number of carbonyl (C=O) groups excluding carboxylic acids is 1. The summed E-state index contributed by atoms with van der Waals surface area (Å²) >= 11 is 0. The molecule has 0 spiro atoms. The Morgan fingerprint density at radius 1 is 1.06 bits per heavy atom. The first-order chi connectivity index (χ1) is 8.63. The summed E-state index contributed by atoms with van der Waals surface area (Å²) in [7, 11) is 5.26. The fourth-order valence-electron chi connectivity index (χ4n) is 1.29. The van der Waals surface area contributed by atoms with Crippen LogP contribution in [0.2, 0.25) is 0 Å². The number of carbonyl (C=O) groups is 1. The largest absolute Gasteiger partial charge is 0.294 e. The third-order valence-corrected chi connectivity index (χ3v) is 2.29. The fraction of sp³-hybridized carbons (Fsp3) is 0.133. The fourth-order valence-corrected chi connectivity index (χ4v) is 1.29. The Morgan fingerprint density at radius 2 is 1.61 bits per heavy atom. The predicted molar refractivity (Wildman–Crippen MR) is 72.9 cm³/mol. The van der Waals surface area contributed by atoms with Gasteiger partial charge in [-0.05, 0) is 12.1 Å².